The molecule has 0 aliphatic carbocycles. The minimum absolute atomic E-state index is 0.541. The predicted molar refractivity (Wildman–Crippen MR) is 73.4 cm³/mol. The summed E-state index contributed by atoms with van der Waals surface area (Å²) in [5.74, 6) is 1.29. The second kappa shape index (κ2) is 7.73. The van der Waals surface area contributed by atoms with Gasteiger partial charge in [-0.15, -0.1) is 11.6 Å². The lowest BCUT2D eigenvalue weighted by Gasteiger charge is -2.14. The van der Waals surface area contributed by atoms with E-state index >= 15 is 0 Å². The highest BCUT2D eigenvalue weighted by Gasteiger charge is 2.09. The first-order valence-corrected chi connectivity index (χ1v) is 6.94. The van der Waals surface area contributed by atoms with E-state index < -0.39 is 0 Å². The molecule has 1 unspecified atom stereocenters. The van der Waals surface area contributed by atoms with Gasteiger partial charge in [0.05, 0.1) is 0 Å². The number of alkyl halides is 1. The Labute approximate surface area is 105 Å². The van der Waals surface area contributed by atoms with Gasteiger partial charge in [0, 0.05) is 5.88 Å². The number of hydrogen-bond acceptors (Lipinski definition) is 0. The molecule has 1 heteroatoms. The van der Waals surface area contributed by atoms with E-state index in [-0.39, 0.29) is 0 Å². The van der Waals surface area contributed by atoms with Crippen LogP contribution in [0, 0.1) is 6.92 Å². The molecule has 0 aromatic heterocycles. The highest BCUT2D eigenvalue weighted by Crippen LogP contribution is 2.24. The third-order valence-electron chi connectivity index (χ3n) is 3.14. The van der Waals surface area contributed by atoms with Gasteiger partial charge in [-0.3, -0.25) is 0 Å². The molecule has 0 bridgehead atoms. The van der Waals surface area contributed by atoms with Gasteiger partial charge in [-0.2, -0.15) is 0 Å². The van der Waals surface area contributed by atoms with Crippen molar-refractivity contribution in [3.05, 3.63) is 35.4 Å². The van der Waals surface area contributed by atoms with Crippen molar-refractivity contribution < 1.29 is 0 Å². The van der Waals surface area contributed by atoms with Gasteiger partial charge >= 0.3 is 0 Å². The van der Waals surface area contributed by atoms with E-state index in [0.717, 1.165) is 5.88 Å². The summed E-state index contributed by atoms with van der Waals surface area (Å²) in [6, 6.07) is 8.81. The van der Waals surface area contributed by atoms with Crippen molar-refractivity contribution in [1.82, 2.24) is 0 Å². The molecule has 0 N–H and O–H groups in total. The monoisotopic (exact) mass is 238 g/mol. The number of hydrogen-bond donors (Lipinski definition) is 0. The standard InChI is InChI=1S/C15H23Cl/c1-3-4-5-6-7-15(12-16)14-10-8-13(2)9-11-14/h8-11,15H,3-7,12H2,1-2H3. The minimum atomic E-state index is 0.541. The van der Waals surface area contributed by atoms with Crippen LogP contribution < -0.4 is 0 Å². The van der Waals surface area contributed by atoms with Crippen molar-refractivity contribution >= 4 is 11.6 Å². The lowest BCUT2D eigenvalue weighted by Crippen LogP contribution is -2.00. The summed E-state index contributed by atoms with van der Waals surface area (Å²) < 4.78 is 0. The predicted octanol–water partition coefficient (Wildman–Crippen LogP) is 5.29. The number of unbranched alkanes of at least 4 members (excludes halogenated alkanes) is 3. The van der Waals surface area contributed by atoms with E-state index in [0.29, 0.717) is 5.92 Å². The third-order valence-corrected chi connectivity index (χ3v) is 3.51. The van der Waals surface area contributed by atoms with Crippen LogP contribution in [0.3, 0.4) is 0 Å². The van der Waals surface area contributed by atoms with Crippen LogP contribution in [0.2, 0.25) is 0 Å². The van der Waals surface area contributed by atoms with Gasteiger partial charge in [-0.25, -0.2) is 0 Å². The van der Waals surface area contributed by atoms with E-state index in [4.69, 9.17) is 11.6 Å². The lowest BCUT2D eigenvalue weighted by atomic mass is 9.94. The van der Waals surface area contributed by atoms with E-state index in [9.17, 15) is 0 Å². The average Bonchev–Trinajstić information content (AvgIpc) is 2.31. The fraction of sp³-hybridized carbons (Fsp3) is 0.600. The topological polar surface area (TPSA) is 0 Å². The smallest absolute Gasteiger partial charge is 0.0292 e. The first kappa shape index (κ1) is 13.6. The van der Waals surface area contributed by atoms with Crippen LogP contribution >= 0.6 is 11.6 Å². The van der Waals surface area contributed by atoms with Gasteiger partial charge in [0.1, 0.15) is 0 Å². The largest absolute Gasteiger partial charge is 0.126 e. The maximum atomic E-state index is 6.05. The first-order valence-electron chi connectivity index (χ1n) is 6.40. The number of aryl methyl sites for hydroxylation is 1. The fourth-order valence-electron chi connectivity index (χ4n) is 1.99. The van der Waals surface area contributed by atoms with Crippen molar-refractivity contribution in [2.45, 2.75) is 51.9 Å². The molecule has 0 heterocycles. The summed E-state index contributed by atoms with van der Waals surface area (Å²) in [6.45, 7) is 4.37. The Morgan fingerprint density at radius 1 is 1.06 bits per heavy atom. The summed E-state index contributed by atoms with van der Waals surface area (Å²) in [5, 5.41) is 0. The number of benzene rings is 1. The summed E-state index contributed by atoms with van der Waals surface area (Å²) in [5.41, 5.74) is 2.72. The van der Waals surface area contributed by atoms with Gasteiger partial charge in [0.15, 0.2) is 0 Å². The molecule has 90 valence electrons. The van der Waals surface area contributed by atoms with Gasteiger partial charge in [0.2, 0.25) is 0 Å². The van der Waals surface area contributed by atoms with Crippen LogP contribution in [0.1, 0.15) is 56.1 Å². The molecule has 1 aromatic rings. The molecule has 0 saturated carbocycles. The molecule has 0 fully saturated rings. The summed E-state index contributed by atoms with van der Waals surface area (Å²) in [7, 11) is 0. The van der Waals surface area contributed by atoms with Crippen molar-refractivity contribution in [3.8, 4) is 0 Å². The van der Waals surface area contributed by atoms with Gasteiger partial charge in [-0.1, -0.05) is 62.4 Å². The molecule has 0 spiro atoms. The van der Waals surface area contributed by atoms with Crippen LogP contribution in [-0.4, -0.2) is 5.88 Å². The van der Waals surface area contributed by atoms with Crippen LogP contribution in [0.15, 0.2) is 24.3 Å². The molecule has 1 aromatic carbocycles. The molecule has 0 nitrogen and oxygen atoms in total. The van der Waals surface area contributed by atoms with Crippen LogP contribution in [-0.2, 0) is 0 Å². The Balaban J connectivity index is 2.44. The van der Waals surface area contributed by atoms with Crippen LogP contribution in [0.4, 0.5) is 0 Å². The molecular weight excluding hydrogens is 216 g/mol. The molecule has 0 saturated heterocycles. The van der Waals surface area contributed by atoms with Gasteiger partial charge < -0.3 is 0 Å². The summed E-state index contributed by atoms with van der Waals surface area (Å²) in [6.07, 6.45) is 6.53. The van der Waals surface area contributed by atoms with Gasteiger partial charge in [-0.05, 0) is 24.8 Å². The molecule has 1 atom stereocenters. The fourth-order valence-corrected chi connectivity index (χ4v) is 2.32. The van der Waals surface area contributed by atoms with Crippen molar-refractivity contribution in [2.75, 3.05) is 5.88 Å². The SMILES string of the molecule is CCCCCCC(CCl)c1ccc(C)cc1. The summed E-state index contributed by atoms with van der Waals surface area (Å²) >= 11 is 6.05. The van der Waals surface area contributed by atoms with Crippen LogP contribution in [0.25, 0.3) is 0 Å². The Morgan fingerprint density at radius 3 is 2.31 bits per heavy atom. The Kier molecular flexibility index (Phi) is 6.56. The number of halogens is 1. The Hall–Kier alpha value is -0.490. The lowest BCUT2D eigenvalue weighted by molar-refractivity contribution is 0.582. The van der Waals surface area contributed by atoms with Crippen molar-refractivity contribution in [2.24, 2.45) is 0 Å². The third kappa shape index (κ3) is 4.57. The maximum Gasteiger partial charge on any atom is 0.0292 e. The normalized spacial score (nSPS) is 12.7. The second-order valence-electron chi connectivity index (χ2n) is 4.61. The zero-order valence-electron chi connectivity index (χ0n) is 10.5. The molecule has 0 aliphatic rings. The van der Waals surface area contributed by atoms with Crippen molar-refractivity contribution in [1.29, 1.82) is 0 Å². The highest BCUT2D eigenvalue weighted by atomic mass is 35.5. The van der Waals surface area contributed by atoms with Gasteiger partial charge in [0.25, 0.3) is 0 Å². The average molecular weight is 239 g/mol. The molecule has 16 heavy (non-hydrogen) atoms. The summed E-state index contributed by atoms with van der Waals surface area (Å²) in [4.78, 5) is 0. The second-order valence-corrected chi connectivity index (χ2v) is 4.92. The first-order chi connectivity index (χ1) is 7.77. The zero-order chi connectivity index (χ0) is 11.8. The molecule has 0 amide bonds. The van der Waals surface area contributed by atoms with Crippen LogP contribution in [0.5, 0.6) is 0 Å². The Morgan fingerprint density at radius 2 is 1.75 bits per heavy atom. The molecule has 0 radical (unpaired) electrons. The van der Waals surface area contributed by atoms with E-state index in [1.165, 1.54) is 43.2 Å². The zero-order valence-corrected chi connectivity index (χ0v) is 11.3. The van der Waals surface area contributed by atoms with Crippen molar-refractivity contribution in [3.63, 3.8) is 0 Å². The minimum Gasteiger partial charge on any atom is -0.126 e. The highest BCUT2D eigenvalue weighted by molar-refractivity contribution is 6.18. The quantitative estimate of drug-likeness (QED) is 0.447. The molecule has 1 rings (SSSR count). The molecule has 0 aliphatic heterocycles. The van der Waals surface area contributed by atoms with E-state index in [1.54, 1.807) is 0 Å². The van der Waals surface area contributed by atoms with E-state index in [1.807, 2.05) is 0 Å². The van der Waals surface area contributed by atoms with E-state index in [2.05, 4.69) is 38.1 Å². The number of rotatable bonds is 7. The molecular formula is C15H23Cl. The Bertz CT molecular complexity index is 276. The maximum absolute atomic E-state index is 6.05.